The number of thioether (sulfide) groups is 1. The van der Waals surface area contributed by atoms with Gasteiger partial charge in [-0.15, -0.1) is 5.10 Å². The largest absolute Gasteiger partial charge is 0.388 e. The van der Waals surface area contributed by atoms with Gasteiger partial charge in [-0.05, 0) is 0 Å². The lowest BCUT2D eigenvalue weighted by atomic mass is 10.4. The molecule has 0 bridgehead atoms. The van der Waals surface area contributed by atoms with Crippen LogP contribution < -0.4 is 5.73 Å². The molecule has 2 heterocycles. The standard InChI is InChI=1S/C7H12N4S2/c8-7-6(9-10-13-7)5-11-1-3-12-4-2-11/h1-5,8H2. The molecule has 0 aromatic carbocycles. The lowest BCUT2D eigenvalue weighted by Crippen LogP contribution is -2.32. The lowest BCUT2D eigenvalue weighted by Gasteiger charge is -2.25. The van der Waals surface area contributed by atoms with Crippen molar-refractivity contribution in [1.29, 1.82) is 0 Å². The quantitative estimate of drug-likeness (QED) is 0.787. The summed E-state index contributed by atoms with van der Waals surface area (Å²) < 4.78 is 3.82. The zero-order chi connectivity index (χ0) is 9.10. The van der Waals surface area contributed by atoms with E-state index >= 15 is 0 Å². The van der Waals surface area contributed by atoms with Crippen molar-refractivity contribution in [1.82, 2.24) is 14.5 Å². The van der Waals surface area contributed by atoms with Gasteiger partial charge in [0.2, 0.25) is 0 Å². The monoisotopic (exact) mass is 216 g/mol. The number of aromatic nitrogens is 2. The number of hydrogen-bond acceptors (Lipinski definition) is 6. The highest BCUT2D eigenvalue weighted by atomic mass is 32.2. The predicted molar refractivity (Wildman–Crippen MR) is 56.9 cm³/mol. The molecule has 1 aromatic rings. The second-order valence-electron chi connectivity index (χ2n) is 2.97. The van der Waals surface area contributed by atoms with Crippen molar-refractivity contribution in [3.05, 3.63) is 5.69 Å². The molecule has 1 fully saturated rings. The van der Waals surface area contributed by atoms with Crippen LogP contribution in [-0.2, 0) is 6.54 Å². The summed E-state index contributed by atoms with van der Waals surface area (Å²) in [5.41, 5.74) is 6.66. The van der Waals surface area contributed by atoms with Gasteiger partial charge in [0.25, 0.3) is 0 Å². The Labute approximate surface area is 85.7 Å². The molecule has 0 aliphatic carbocycles. The molecule has 2 N–H and O–H groups in total. The fourth-order valence-electron chi connectivity index (χ4n) is 1.30. The minimum absolute atomic E-state index is 0.762. The maximum atomic E-state index is 5.72. The summed E-state index contributed by atoms with van der Waals surface area (Å²) in [5, 5.41) is 4.77. The van der Waals surface area contributed by atoms with Gasteiger partial charge in [-0.25, -0.2) is 0 Å². The van der Waals surface area contributed by atoms with Gasteiger partial charge >= 0.3 is 0 Å². The maximum Gasteiger partial charge on any atom is 0.132 e. The first-order valence-corrected chi connectivity index (χ1v) is 6.16. The van der Waals surface area contributed by atoms with Gasteiger partial charge in [0.05, 0.1) is 0 Å². The van der Waals surface area contributed by atoms with Crippen LogP contribution in [0.3, 0.4) is 0 Å². The van der Waals surface area contributed by atoms with E-state index in [9.17, 15) is 0 Å². The number of nitrogens with two attached hydrogens (primary N) is 1. The van der Waals surface area contributed by atoms with Crippen LogP contribution in [0, 0.1) is 0 Å². The molecule has 1 aliphatic heterocycles. The molecule has 4 nitrogen and oxygen atoms in total. The van der Waals surface area contributed by atoms with Gasteiger partial charge in [0.1, 0.15) is 10.7 Å². The summed E-state index contributed by atoms with van der Waals surface area (Å²) in [6, 6.07) is 0. The third kappa shape index (κ3) is 2.32. The zero-order valence-corrected chi connectivity index (χ0v) is 8.90. The van der Waals surface area contributed by atoms with Crippen LogP contribution in [0.5, 0.6) is 0 Å². The fourth-order valence-corrected chi connectivity index (χ4v) is 2.71. The first kappa shape index (κ1) is 9.23. The van der Waals surface area contributed by atoms with Gasteiger partial charge in [-0.2, -0.15) is 11.8 Å². The first-order chi connectivity index (χ1) is 6.36. The topological polar surface area (TPSA) is 55.0 Å². The third-order valence-corrected chi connectivity index (χ3v) is 3.60. The number of nitrogens with zero attached hydrogens (tertiary/aromatic N) is 3. The maximum absolute atomic E-state index is 5.72. The molecule has 1 saturated heterocycles. The number of hydrogen-bond donors (Lipinski definition) is 1. The minimum atomic E-state index is 0.762. The van der Waals surface area contributed by atoms with Crippen molar-refractivity contribution < 1.29 is 0 Å². The number of rotatable bonds is 2. The van der Waals surface area contributed by atoms with Crippen LogP contribution in [0.4, 0.5) is 5.00 Å². The Bertz CT molecular complexity index is 269. The highest BCUT2D eigenvalue weighted by molar-refractivity contribution is 7.99. The average molecular weight is 216 g/mol. The summed E-state index contributed by atoms with van der Waals surface area (Å²) in [6.07, 6.45) is 0. The van der Waals surface area contributed by atoms with Crippen LogP contribution in [0.2, 0.25) is 0 Å². The smallest absolute Gasteiger partial charge is 0.132 e. The van der Waals surface area contributed by atoms with E-state index in [4.69, 9.17) is 5.73 Å². The molecular weight excluding hydrogens is 204 g/mol. The highest BCUT2D eigenvalue weighted by Gasteiger charge is 2.13. The van der Waals surface area contributed by atoms with E-state index in [2.05, 4.69) is 14.5 Å². The molecule has 72 valence electrons. The van der Waals surface area contributed by atoms with Gasteiger partial charge < -0.3 is 5.73 Å². The molecule has 0 amide bonds. The van der Waals surface area contributed by atoms with E-state index in [0.717, 1.165) is 30.3 Å². The Kier molecular flexibility index (Phi) is 3.02. The number of nitrogen functional groups attached to an aromatic ring is 1. The Balaban J connectivity index is 1.93. The normalized spacial score (nSPS) is 19.1. The van der Waals surface area contributed by atoms with Crippen molar-refractivity contribution in [3.63, 3.8) is 0 Å². The Morgan fingerprint density at radius 2 is 2.15 bits per heavy atom. The third-order valence-electron chi connectivity index (χ3n) is 2.06. The second-order valence-corrected chi connectivity index (χ2v) is 4.98. The first-order valence-electron chi connectivity index (χ1n) is 4.23. The molecular formula is C7H12N4S2. The van der Waals surface area contributed by atoms with Crippen molar-refractivity contribution >= 4 is 28.3 Å². The predicted octanol–water partition coefficient (Wildman–Crippen LogP) is 0.669. The SMILES string of the molecule is Nc1snnc1CN1CCSCC1. The molecule has 0 unspecified atom stereocenters. The van der Waals surface area contributed by atoms with E-state index in [1.807, 2.05) is 11.8 Å². The molecule has 2 rings (SSSR count). The molecule has 0 atom stereocenters. The van der Waals surface area contributed by atoms with Crippen LogP contribution in [0.1, 0.15) is 5.69 Å². The molecule has 1 aromatic heterocycles. The summed E-state index contributed by atoms with van der Waals surface area (Å²) in [6.45, 7) is 3.14. The molecule has 0 saturated carbocycles. The molecule has 6 heteroatoms. The van der Waals surface area contributed by atoms with E-state index in [-0.39, 0.29) is 0 Å². The lowest BCUT2D eigenvalue weighted by molar-refractivity contribution is 0.291. The van der Waals surface area contributed by atoms with Crippen LogP contribution >= 0.6 is 23.3 Å². The highest BCUT2D eigenvalue weighted by Crippen LogP contribution is 2.17. The van der Waals surface area contributed by atoms with Crippen LogP contribution in [-0.4, -0.2) is 39.1 Å². The second kappa shape index (κ2) is 4.26. The van der Waals surface area contributed by atoms with Gasteiger partial charge in [0, 0.05) is 42.7 Å². The van der Waals surface area contributed by atoms with Gasteiger partial charge in [-0.3, -0.25) is 4.90 Å². The Morgan fingerprint density at radius 3 is 2.77 bits per heavy atom. The zero-order valence-electron chi connectivity index (χ0n) is 7.27. The molecule has 0 radical (unpaired) electrons. The summed E-state index contributed by atoms with van der Waals surface area (Å²) in [5.74, 6) is 2.44. The summed E-state index contributed by atoms with van der Waals surface area (Å²) in [4.78, 5) is 2.38. The Hall–Kier alpha value is -0.330. The van der Waals surface area contributed by atoms with E-state index in [1.165, 1.54) is 23.0 Å². The molecule has 0 spiro atoms. The van der Waals surface area contributed by atoms with Gasteiger partial charge in [0.15, 0.2) is 0 Å². The summed E-state index contributed by atoms with van der Waals surface area (Å²) in [7, 11) is 0. The van der Waals surface area contributed by atoms with Gasteiger partial charge in [-0.1, -0.05) is 4.49 Å². The average Bonchev–Trinajstić information content (AvgIpc) is 2.54. The van der Waals surface area contributed by atoms with E-state index in [1.54, 1.807) is 0 Å². The van der Waals surface area contributed by atoms with Crippen LogP contribution in [0.25, 0.3) is 0 Å². The van der Waals surface area contributed by atoms with Crippen molar-refractivity contribution in [2.75, 3.05) is 30.3 Å². The minimum Gasteiger partial charge on any atom is -0.388 e. The number of anilines is 1. The van der Waals surface area contributed by atoms with Crippen LogP contribution in [0.15, 0.2) is 0 Å². The summed E-state index contributed by atoms with van der Waals surface area (Å²) >= 11 is 3.29. The molecule has 1 aliphatic rings. The van der Waals surface area contributed by atoms with Crippen molar-refractivity contribution in [3.8, 4) is 0 Å². The van der Waals surface area contributed by atoms with Crippen molar-refractivity contribution in [2.45, 2.75) is 6.54 Å². The van der Waals surface area contributed by atoms with Crippen molar-refractivity contribution in [2.24, 2.45) is 0 Å². The van der Waals surface area contributed by atoms with E-state index < -0.39 is 0 Å². The fraction of sp³-hybridized carbons (Fsp3) is 0.714. The molecule has 13 heavy (non-hydrogen) atoms. The Morgan fingerprint density at radius 1 is 1.38 bits per heavy atom. The van der Waals surface area contributed by atoms with E-state index in [0.29, 0.717) is 0 Å².